The molecule has 6 nitrogen and oxygen atoms in total. The molecule has 0 aliphatic heterocycles. The molecule has 0 atom stereocenters. The first-order chi connectivity index (χ1) is 13.6. The topological polar surface area (TPSA) is 69.7 Å². The Hall–Kier alpha value is -3.06. The number of nitrogens with zero attached hydrogens (tertiary/aromatic N) is 1. The first-order valence-electron chi connectivity index (χ1n) is 8.73. The van der Waals surface area contributed by atoms with Crippen molar-refractivity contribution in [2.75, 3.05) is 27.9 Å². The fraction of sp³-hybridized carbons (Fsp3) is 0.238. The highest BCUT2D eigenvalue weighted by Gasteiger charge is 2.12. The number of nitrogens with one attached hydrogen (secondary N) is 1. The number of methoxy groups -OCH3 is 3. The number of hydrogen-bond acceptors (Lipinski definition) is 6. The average Bonchev–Trinajstić information content (AvgIpc) is 3.24. The lowest BCUT2D eigenvalue weighted by molar-refractivity contribution is 0.0950. The van der Waals surface area contributed by atoms with Gasteiger partial charge in [-0.15, -0.1) is 11.3 Å². The van der Waals surface area contributed by atoms with Crippen LogP contribution < -0.4 is 19.5 Å². The highest BCUT2D eigenvalue weighted by atomic mass is 32.1. The van der Waals surface area contributed by atoms with Gasteiger partial charge in [-0.05, 0) is 48.4 Å². The molecule has 2 aromatic carbocycles. The Labute approximate surface area is 168 Å². The largest absolute Gasteiger partial charge is 0.497 e. The summed E-state index contributed by atoms with van der Waals surface area (Å²) >= 11 is 1.44. The van der Waals surface area contributed by atoms with Crippen LogP contribution in [0.15, 0.2) is 47.8 Å². The highest BCUT2D eigenvalue weighted by Crippen LogP contribution is 2.28. The van der Waals surface area contributed by atoms with Gasteiger partial charge in [0.05, 0.1) is 21.3 Å². The molecular weight excluding hydrogens is 376 g/mol. The van der Waals surface area contributed by atoms with Crippen LogP contribution in [-0.2, 0) is 6.42 Å². The van der Waals surface area contributed by atoms with Crippen LogP contribution >= 0.6 is 11.3 Å². The molecule has 0 fully saturated rings. The smallest absolute Gasteiger partial charge is 0.270 e. The van der Waals surface area contributed by atoms with Crippen molar-refractivity contribution in [1.29, 1.82) is 0 Å². The van der Waals surface area contributed by atoms with Crippen molar-refractivity contribution in [3.63, 3.8) is 0 Å². The van der Waals surface area contributed by atoms with Crippen molar-refractivity contribution in [2.45, 2.75) is 6.42 Å². The van der Waals surface area contributed by atoms with E-state index in [-0.39, 0.29) is 5.91 Å². The summed E-state index contributed by atoms with van der Waals surface area (Å²) in [5.74, 6) is 1.96. The third-order valence-electron chi connectivity index (χ3n) is 4.22. The summed E-state index contributed by atoms with van der Waals surface area (Å²) in [7, 11) is 4.83. The molecule has 28 heavy (non-hydrogen) atoms. The van der Waals surface area contributed by atoms with Crippen molar-refractivity contribution in [1.82, 2.24) is 10.3 Å². The quantitative estimate of drug-likeness (QED) is 0.625. The van der Waals surface area contributed by atoms with Crippen LogP contribution in [0.3, 0.4) is 0 Å². The maximum Gasteiger partial charge on any atom is 0.270 e. The van der Waals surface area contributed by atoms with Crippen LogP contribution in [0.5, 0.6) is 17.2 Å². The Morgan fingerprint density at radius 2 is 1.75 bits per heavy atom. The van der Waals surface area contributed by atoms with E-state index in [0.717, 1.165) is 21.9 Å². The summed E-state index contributed by atoms with van der Waals surface area (Å²) in [6.07, 6.45) is 0.682. The molecule has 1 aromatic heterocycles. The second kappa shape index (κ2) is 9.23. The van der Waals surface area contributed by atoms with Crippen molar-refractivity contribution in [3.05, 3.63) is 59.1 Å². The molecule has 3 aromatic rings. The number of carbonyl (C=O) groups is 1. The fourth-order valence-electron chi connectivity index (χ4n) is 2.69. The number of aromatic nitrogens is 1. The second-order valence-corrected chi connectivity index (χ2v) is 6.82. The van der Waals surface area contributed by atoms with Crippen molar-refractivity contribution < 1.29 is 19.0 Å². The van der Waals surface area contributed by atoms with E-state index >= 15 is 0 Å². The van der Waals surface area contributed by atoms with Gasteiger partial charge in [-0.1, -0.05) is 6.07 Å². The summed E-state index contributed by atoms with van der Waals surface area (Å²) in [6.45, 7) is 0.504. The van der Waals surface area contributed by atoms with E-state index in [9.17, 15) is 4.79 Å². The molecule has 0 unspecified atom stereocenters. The molecule has 0 saturated carbocycles. The van der Waals surface area contributed by atoms with Gasteiger partial charge in [-0.25, -0.2) is 4.98 Å². The molecule has 0 saturated heterocycles. The number of thiazole rings is 1. The standard InChI is InChI=1S/C21H22N2O4S/c1-25-16-7-5-15(6-8-16)21-23-17(13-28-21)20(24)22-11-10-14-4-9-18(26-2)19(12-14)27-3/h4-9,12-13H,10-11H2,1-3H3,(H,22,24). The molecule has 0 aliphatic carbocycles. The van der Waals surface area contributed by atoms with Crippen molar-refractivity contribution >= 4 is 17.2 Å². The summed E-state index contributed by atoms with van der Waals surface area (Å²) in [6, 6.07) is 13.3. The molecule has 1 heterocycles. The Balaban J connectivity index is 1.57. The Morgan fingerprint density at radius 1 is 1.00 bits per heavy atom. The van der Waals surface area contributed by atoms with Crippen LogP contribution in [0.4, 0.5) is 0 Å². The number of carbonyl (C=O) groups excluding carboxylic acids is 1. The van der Waals surface area contributed by atoms with Gasteiger partial charge in [0.2, 0.25) is 0 Å². The average molecular weight is 398 g/mol. The molecule has 1 N–H and O–H groups in total. The van der Waals surface area contributed by atoms with Gasteiger partial charge in [-0.3, -0.25) is 4.79 Å². The Bertz CT molecular complexity index is 938. The maximum atomic E-state index is 12.4. The normalized spacial score (nSPS) is 10.4. The van der Waals surface area contributed by atoms with Crippen molar-refractivity contribution in [3.8, 4) is 27.8 Å². The summed E-state index contributed by atoms with van der Waals surface area (Å²) in [5.41, 5.74) is 2.42. The van der Waals surface area contributed by atoms with Gasteiger partial charge in [0.25, 0.3) is 5.91 Å². The zero-order valence-electron chi connectivity index (χ0n) is 16.0. The summed E-state index contributed by atoms with van der Waals surface area (Å²) in [4.78, 5) is 16.8. The van der Waals surface area contributed by atoms with Gasteiger partial charge in [0, 0.05) is 17.5 Å². The minimum atomic E-state index is -0.184. The molecule has 0 spiro atoms. The maximum absolute atomic E-state index is 12.4. The van der Waals surface area contributed by atoms with Crippen LogP contribution in [0, 0.1) is 0 Å². The lowest BCUT2D eigenvalue weighted by Gasteiger charge is -2.09. The molecule has 0 bridgehead atoms. The van der Waals surface area contributed by atoms with Gasteiger partial charge in [-0.2, -0.15) is 0 Å². The number of rotatable bonds is 8. The predicted octanol–water partition coefficient (Wildman–Crippen LogP) is 3.81. The molecule has 1 amide bonds. The van der Waals surface area contributed by atoms with Gasteiger partial charge in [0.15, 0.2) is 11.5 Å². The van der Waals surface area contributed by atoms with Crippen LogP contribution in [-0.4, -0.2) is 38.8 Å². The molecular formula is C21H22N2O4S. The van der Waals surface area contributed by atoms with Crippen LogP contribution in [0.25, 0.3) is 10.6 Å². The van der Waals surface area contributed by atoms with Crippen LogP contribution in [0.1, 0.15) is 16.1 Å². The van der Waals surface area contributed by atoms with E-state index in [1.165, 1.54) is 11.3 Å². The number of amides is 1. The number of hydrogen-bond donors (Lipinski definition) is 1. The molecule has 0 radical (unpaired) electrons. The Kier molecular flexibility index (Phi) is 6.49. The van der Waals surface area contributed by atoms with Gasteiger partial charge in [0.1, 0.15) is 16.5 Å². The highest BCUT2D eigenvalue weighted by molar-refractivity contribution is 7.13. The first kappa shape index (κ1) is 19.7. The number of benzene rings is 2. The SMILES string of the molecule is COc1ccc(-c2nc(C(=O)NCCc3ccc(OC)c(OC)c3)cs2)cc1. The fourth-order valence-corrected chi connectivity index (χ4v) is 3.50. The molecule has 7 heteroatoms. The van der Waals surface area contributed by atoms with Crippen molar-refractivity contribution in [2.24, 2.45) is 0 Å². The zero-order valence-corrected chi connectivity index (χ0v) is 16.8. The van der Waals surface area contributed by atoms with E-state index in [4.69, 9.17) is 14.2 Å². The van der Waals surface area contributed by atoms with E-state index in [0.29, 0.717) is 30.2 Å². The molecule has 0 aliphatic rings. The second-order valence-electron chi connectivity index (χ2n) is 5.96. The zero-order chi connectivity index (χ0) is 19.9. The number of ether oxygens (including phenoxy) is 3. The van der Waals surface area contributed by atoms with Gasteiger partial charge < -0.3 is 19.5 Å². The minimum Gasteiger partial charge on any atom is -0.497 e. The lowest BCUT2D eigenvalue weighted by atomic mass is 10.1. The predicted molar refractivity (Wildman–Crippen MR) is 110 cm³/mol. The lowest BCUT2D eigenvalue weighted by Crippen LogP contribution is -2.25. The minimum absolute atomic E-state index is 0.184. The van der Waals surface area contributed by atoms with Crippen LogP contribution in [0.2, 0.25) is 0 Å². The van der Waals surface area contributed by atoms with E-state index in [1.807, 2.05) is 42.5 Å². The first-order valence-corrected chi connectivity index (χ1v) is 9.61. The summed E-state index contributed by atoms with van der Waals surface area (Å²) in [5, 5.41) is 5.48. The third-order valence-corrected chi connectivity index (χ3v) is 5.11. The van der Waals surface area contributed by atoms with E-state index in [1.54, 1.807) is 26.7 Å². The molecule has 3 rings (SSSR count). The Morgan fingerprint density at radius 3 is 2.43 bits per heavy atom. The third kappa shape index (κ3) is 4.61. The molecule has 146 valence electrons. The van der Waals surface area contributed by atoms with E-state index in [2.05, 4.69) is 10.3 Å². The summed E-state index contributed by atoms with van der Waals surface area (Å²) < 4.78 is 15.7. The van der Waals surface area contributed by atoms with E-state index < -0.39 is 0 Å². The monoisotopic (exact) mass is 398 g/mol. The van der Waals surface area contributed by atoms with Gasteiger partial charge >= 0.3 is 0 Å².